The molecule has 0 aromatic heterocycles. The first kappa shape index (κ1) is 21.4. The van der Waals surface area contributed by atoms with Crippen LogP contribution < -0.4 is 15.1 Å². The van der Waals surface area contributed by atoms with Crippen molar-refractivity contribution < 1.29 is 9.53 Å². The lowest BCUT2D eigenvalue weighted by Gasteiger charge is -2.40. The predicted molar refractivity (Wildman–Crippen MR) is 123 cm³/mol. The van der Waals surface area contributed by atoms with Crippen molar-refractivity contribution in [2.24, 2.45) is 5.10 Å². The molecule has 0 radical (unpaired) electrons. The number of carbonyl (C=O) groups is 1. The summed E-state index contributed by atoms with van der Waals surface area (Å²) in [6.07, 6.45) is 3.78. The minimum atomic E-state index is -0.354. The van der Waals surface area contributed by atoms with Gasteiger partial charge in [0.2, 0.25) is 0 Å². The third-order valence-corrected chi connectivity index (χ3v) is 5.71. The number of benzene rings is 2. The van der Waals surface area contributed by atoms with Gasteiger partial charge in [-0.1, -0.05) is 39.7 Å². The predicted octanol–water partition coefficient (Wildman–Crippen LogP) is 5.26. The number of anilines is 1. The monoisotopic (exact) mass is 475 g/mol. The van der Waals surface area contributed by atoms with Crippen LogP contribution in [0.4, 0.5) is 5.69 Å². The van der Waals surface area contributed by atoms with Gasteiger partial charge < -0.3 is 9.64 Å². The van der Waals surface area contributed by atoms with Crippen molar-refractivity contribution in [2.75, 3.05) is 18.6 Å². The van der Waals surface area contributed by atoms with Crippen LogP contribution >= 0.6 is 27.5 Å². The Labute approximate surface area is 184 Å². The lowest BCUT2D eigenvalue weighted by atomic mass is 9.88. The summed E-state index contributed by atoms with van der Waals surface area (Å²) in [5, 5.41) is 4.60. The zero-order chi connectivity index (χ0) is 21.2. The number of ether oxygens (including phenoxy) is 1. The van der Waals surface area contributed by atoms with Gasteiger partial charge in [-0.15, -0.1) is 0 Å². The maximum absolute atomic E-state index is 12.0. The number of hydrazone groups is 1. The number of halogens is 2. The van der Waals surface area contributed by atoms with Crippen molar-refractivity contribution in [3.05, 3.63) is 63.1 Å². The van der Waals surface area contributed by atoms with Crippen molar-refractivity contribution in [2.45, 2.75) is 26.3 Å². The Bertz CT molecular complexity index is 1000. The number of fused-ring (bicyclic) bond motifs is 1. The van der Waals surface area contributed by atoms with Crippen molar-refractivity contribution in [3.63, 3.8) is 0 Å². The molecule has 0 saturated heterocycles. The Hall–Kier alpha value is -2.31. The van der Waals surface area contributed by atoms with E-state index in [1.807, 2.05) is 24.3 Å². The van der Waals surface area contributed by atoms with E-state index in [4.69, 9.17) is 16.3 Å². The maximum Gasteiger partial charge on any atom is 0.277 e. The highest BCUT2D eigenvalue weighted by molar-refractivity contribution is 9.10. The first-order chi connectivity index (χ1) is 13.7. The van der Waals surface area contributed by atoms with Crippen LogP contribution in [-0.2, 0) is 4.79 Å². The Morgan fingerprint density at radius 1 is 1.34 bits per heavy atom. The van der Waals surface area contributed by atoms with Crippen molar-refractivity contribution >= 4 is 50.9 Å². The molecule has 152 valence electrons. The smallest absolute Gasteiger partial charge is 0.277 e. The first-order valence-electron chi connectivity index (χ1n) is 9.15. The van der Waals surface area contributed by atoms with E-state index in [0.717, 1.165) is 21.3 Å². The minimum Gasteiger partial charge on any atom is -0.484 e. The molecule has 1 heterocycles. The third-order valence-electron chi connectivity index (χ3n) is 4.89. The van der Waals surface area contributed by atoms with Gasteiger partial charge in [0, 0.05) is 28.3 Å². The SMILES string of the molecule is CC1=CC(C)(C)N(C)c2cc(Cl)c(/C=N\NC(=O)COc3cccc(Br)c3)cc21. The number of carbonyl (C=O) groups excluding carboxylic acids is 1. The van der Waals surface area contributed by atoms with E-state index < -0.39 is 0 Å². The third kappa shape index (κ3) is 5.00. The van der Waals surface area contributed by atoms with Gasteiger partial charge in [-0.05, 0) is 56.7 Å². The van der Waals surface area contributed by atoms with E-state index in [-0.39, 0.29) is 18.1 Å². The summed E-state index contributed by atoms with van der Waals surface area (Å²) in [5.41, 5.74) is 6.47. The molecule has 0 unspecified atom stereocenters. The normalized spacial score (nSPS) is 15.1. The molecule has 2 aromatic rings. The molecule has 7 heteroatoms. The standard InChI is InChI=1S/C22H23BrClN3O2/c1-14-11-22(2,3)27(4)20-10-19(24)15(8-18(14)20)12-25-26-21(28)13-29-17-7-5-6-16(23)9-17/h5-12H,13H2,1-4H3,(H,26,28)/b25-12-. The van der Waals surface area contributed by atoms with Gasteiger partial charge >= 0.3 is 0 Å². The minimum absolute atomic E-state index is 0.0850. The highest BCUT2D eigenvalue weighted by atomic mass is 79.9. The lowest BCUT2D eigenvalue weighted by Crippen LogP contribution is -2.42. The summed E-state index contributed by atoms with van der Waals surface area (Å²) in [6.45, 7) is 6.28. The number of nitrogens with zero attached hydrogens (tertiary/aromatic N) is 2. The van der Waals surface area contributed by atoms with E-state index >= 15 is 0 Å². The number of hydrogen-bond acceptors (Lipinski definition) is 4. The van der Waals surface area contributed by atoms with E-state index in [9.17, 15) is 4.79 Å². The molecule has 0 aliphatic carbocycles. The fourth-order valence-corrected chi connectivity index (χ4v) is 3.78. The summed E-state index contributed by atoms with van der Waals surface area (Å²) >= 11 is 9.82. The number of allylic oxidation sites excluding steroid dienone is 1. The summed E-state index contributed by atoms with van der Waals surface area (Å²) in [5.74, 6) is 0.249. The Morgan fingerprint density at radius 2 is 2.10 bits per heavy atom. The molecule has 0 spiro atoms. The van der Waals surface area contributed by atoms with Crippen LogP contribution in [0.1, 0.15) is 31.9 Å². The molecule has 1 N–H and O–H groups in total. The van der Waals surface area contributed by atoms with Gasteiger partial charge in [0.1, 0.15) is 5.75 Å². The van der Waals surface area contributed by atoms with E-state index in [2.05, 4.69) is 65.3 Å². The second-order valence-corrected chi connectivity index (χ2v) is 8.79. The molecule has 0 saturated carbocycles. The highest BCUT2D eigenvalue weighted by Gasteiger charge is 2.29. The fraction of sp³-hybridized carbons (Fsp3) is 0.273. The quantitative estimate of drug-likeness (QED) is 0.473. The topological polar surface area (TPSA) is 53.9 Å². The number of amides is 1. The fourth-order valence-electron chi connectivity index (χ4n) is 3.20. The second-order valence-electron chi connectivity index (χ2n) is 7.47. The van der Waals surface area contributed by atoms with Crippen LogP contribution in [0.2, 0.25) is 5.02 Å². The van der Waals surface area contributed by atoms with Gasteiger partial charge in [0.15, 0.2) is 6.61 Å². The maximum atomic E-state index is 12.0. The largest absolute Gasteiger partial charge is 0.484 e. The number of rotatable bonds is 5. The van der Waals surface area contributed by atoms with Crippen LogP contribution in [0.25, 0.3) is 5.57 Å². The van der Waals surface area contributed by atoms with E-state index in [1.54, 1.807) is 18.3 Å². The Kier molecular flexibility index (Phi) is 6.34. The van der Waals surface area contributed by atoms with Crippen LogP contribution in [0, 0.1) is 0 Å². The van der Waals surface area contributed by atoms with Gasteiger partial charge in [-0.25, -0.2) is 5.43 Å². The summed E-state index contributed by atoms with van der Waals surface area (Å²) < 4.78 is 6.32. The molecule has 1 amide bonds. The molecule has 5 nitrogen and oxygen atoms in total. The summed E-state index contributed by atoms with van der Waals surface area (Å²) in [7, 11) is 2.05. The number of nitrogens with one attached hydrogen (secondary N) is 1. The number of hydrogen-bond donors (Lipinski definition) is 1. The molecule has 29 heavy (non-hydrogen) atoms. The molecule has 0 bridgehead atoms. The summed E-state index contributed by atoms with van der Waals surface area (Å²) in [4.78, 5) is 14.2. The highest BCUT2D eigenvalue weighted by Crippen LogP contribution is 2.40. The van der Waals surface area contributed by atoms with Crippen LogP contribution in [-0.4, -0.2) is 31.3 Å². The Morgan fingerprint density at radius 3 is 2.83 bits per heavy atom. The molecule has 0 fully saturated rings. The lowest BCUT2D eigenvalue weighted by molar-refractivity contribution is -0.123. The van der Waals surface area contributed by atoms with Crippen LogP contribution in [0.15, 0.2) is 52.0 Å². The first-order valence-corrected chi connectivity index (χ1v) is 10.3. The molecular weight excluding hydrogens is 454 g/mol. The second kappa shape index (κ2) is 8.59. The van der Waals surface area contributed by atoms with Crippen molar-refractivity contribution in [3.8, 4) is 5.75 Å². The average Bonchev–Trinajstić information content (AvgIpc) is 2.65. The van der Waals surface area contributed by atoms with Crippen molar-refractivity contribution in [1.82, 2.24) is 5.43 Å². The Balaban J connectivity index is 1.67. The summed E-state index contributed by atoms with van der Waals surface area (Å²) in [6, 6.07) is 11.2. The van der Waals surface area contributed by atoms with E-state index in [1.165, 1.54) is 5.57 Å². The van der Waals surface area contributed by atoms with Crippen molar-refractivity contribution in [1.29, 1.82) is 0 Å². The van der Waals surface area contributed by atoms with E-state index in [0.29, 0.717) is 10.8 Å². The molecule has 2 aromatic carbocycles. The molecule has 1 aliphatic rings. The molecule has 0 atom stereocenters. The van der Waals surface area contributed by atoms with Gasteiger partial charge in [-0.2, -0.15) is 5.10 Å². The van der Waals surface area contributed by atoms with Crippen LogP contribution in [0.5, 0.6) is 5.75 Å². The van der Waals surface area contributed by atoms with Gasteiger partial charge in [0.25, 0.3) is 5.91 Å². The number of likely N-dealkylation sites (N-methyl/N-ethyl adjacent to an activating group) is 1. The van der Waals surface area contributed by atoms with Gasteiger partial charge in [-0.3, -0.25) is 4.79 Å². The zero-order valence-corrected chi connectivity index (χ0v) is 19.1. The molecular formula is C22H23BrClN3O2. The van der Waals surface area contributed by atoms with Crippen LogP contribution in [0.3, 0.4) is 0 Å². The zero-order valence-electron chi connectivity index (χ0n) is 16.8. The molecule has 1 aliphatic heterocycles. The van der Waals surface area contributed by atoms with Gasteiger partial charge in [0.05, 0.1) is 16.8 Å². The molecule has 3 rings (SSSR count). The average molecular weight is 477 g/mol.